The van der Waals surface area contributed by atoms with Crippen LogP contribution >= 0.6 is 11.3 Å². The number of carbonyl (C=O) groups excluding carboxylic acids is 1. The van der Waals surface area contributed by atoms with E-state index in [4.69, 9.17) is 0 Å². The van der Waals surface area contributed by atoms with Crippen molar-refractivity contribution in [2.45, 2.75) is 26.8 Å². The Morgan fingerprint density at radius 3 is 2.70 bits per heavy atom. The molecule has 0 radical (unpaired) electrons. The third-order valence-electron chi connectivity index (χ3n) is 3.95. The van der Waals surface area contributed by atoms with Crippen LogP contribution in [-0.4, -0.2) is 15.5 Å². The quantitative estimate of drug-likeness (QED) is 0.738. The number of rotatable bonds is 3. The Morgan fingerprint density at radius 2 is 2.04 bits per heavy atom. The van der Waals surface area contributed by atoms with Crippen molar-refractivity contribution in [1.29, 1.82) is 0 Å². The lowest BCUT2D eigenvalue weighted by atomic mass is 9.99. The second-order valence-electron chi connectivity index (χ2n) is 5.60. The topological polar surface area (TPSA) is 75.0 Å². The molecule has 0 spiro atoms. The number of aromatic nitrogens is 2. The number of nitrogens with zero attached hydrogens (tertiary/aromatic N) is 2. The molecule has 0 aliphatic carbocycles. The predicted molar refractivity (Wildman–Crippen MR) is 88.5 cm³/mol. The van der Waals surface area contributed by atoms with E-state index in [1.54, 1.807) is 0 Å². The summed E-state index contributed by atoms with van der Waals surface area (Å²) in [7, 11) is 0. The summed E-state index contributed by atoms with van der Waals surface area (Å²) in [4.78, 5) is 28.7. The lowest BCUT2D eigenvalue weighted by Gasteiger charge is -2.15. The molecule has 118 valence electrons. The highest BCUT2D eigenvalue weighted by molar-refractivity contribution is 7.17. The highest BCUT2D eigenvalue weighted by Gasteiger charge is 2.17. The third-order valence-corrected chi connectivity index (χ3v) is 4.84. The van der Waals surface area contributed by atoms with E-state index in [1.807, 2.05) is 31.4 Å². The van der Waals surface area contributed by atoms with Crippen LogP contribution in [0.25, 0.3) is 21.3 Å². The molecule has 0 amide bonds. The summed E-state index contributed by atoms with van der Waals surface area (Å²) in [5.41, 5.74) is 3.60. The molecule has 5 nitrogen and oxygen atoms in total. The number of carbonyl (C=O) groups is 1. The number of aryl methyl sites for hydroxylation is 2. The Labute approximate surface area is 136 Å². The van der Waals surface area contributed by atoms with Gasteiger partial charge in [-0.2, -0.15) is 0 Å². The fourth-order valence-corrected chi connectivity index (χ4v) is 3.55. The zero-order chi connectivity index (χ0) is 16.7. The average Bonchev–Trinajstić information content (AvgIpc) is 2.91. The normalized spacial score (nSPS) is 12.5. The van der Waals surface area contributed by atoms with Gasteiger partial charge in [-0.25, -0.2) is 4.98 Å². The Balaban J connectivity index is 2.29. The van der Waals surface area contributed by atoms with E-state index in [1.165, 1.54) is 24.6 Å². The summed E-state index contributed by atoms with van der Waals surface area (Å²) in [5.74, 6) is -1.31. The molecule has 0 aliphatic rings. The van der Waals surface area contributed by atoms with Gasteiger partial charge in [0.15, 0.2) is 0 Å². The van der Waals surface area contributed by atoms with Gasteiger partial charge >= 0.3 is 0 Å². The molecule has 0 saturated carbocycles. The largest absolute Gasteiger partial charge is 0.548 e. The zero-order valence-electron chi connectivity index (χ0n) is 13.0. The van der Waals surface area contributed by atoms with Gasteiger partial charge < -0.3 is 9.90 Å². The second-order valence-corrected chi connectivity index (χ2v) is 6.46. The first-order valence-corrected chi connectivity index (χ1v) is 8.05. The van der Waals surface area contributed by atoms with Crippen molar-refractivity contribution in [2.24, 2.45) is 0 Å². The molecule has 3 aromatic rings. The first kappa shape index (κ1) is 15.4. The molecule has 2 aromatic heterocycles. The Morgan fingerprint density at radius 1 is 1.30 bits per heavy atom. The summed E-state index contributed by atoms with van der Waals surface area (Å²) in [5, 5.41) is 13.4. The minimum atomic E-state index is -1.31. The molecule has 0 fully saturated rings. The second kappa shape index (κ2) is 5.62. The molecule has 1 aromatic carbocycles. The number of fused-ring (bicyclic) bond motifs is 1. The molecular formula is C17H15N2O3S-. The van der Waals surface area contributed by atoms with Crippen molar-refractivity contribution in [1.82, 2.24) is 9.55 Å². The van der Waals surface area contributed by atoms with Gasteiger partial charge in [-0.3, -0.25) is 9.36 Å². The molecule has 3 rings (SSSR count). The SMILES string of the molecule is Cc1ccc(-c2csc3ncn([C@H](C)C(=O)[O-])c(=O)c23)c(C)c1. The fourth-order valence-electron chi connectivity index (χ4n) is 2.65. The molecule has 0 unspecified atom stereocenters. The van der Waals surface area contributed by atoms with Gasteiger partial charge in [0.25, 0.3) is 5.56 Å². The van der Waals surface area contributed by atoms with E-state index < -0.39 is 12.0 Å². The van der Waals surface area contributed by atoms with E-state index >= 15 is 0 Å². The lowest BCUT2D eigenvalue weighted by molar-refractivity contribution is -0.309. The fraction of sp³-hybridized carbons (Fsp3) is 0.235. The average molecular weight is 327 g/mol. The Kier molecular flexibility index (Phi) is 3.77. The predicted octanol–water partition coefficient (Wildman–Crippen LogP) is 2.05. The summed E-state index contributed by atoms with van der Waals surface area (Å²) in [6, 6.07) is 4.96. The van der Waals surface area contributed by atoms with Crippen molar-refractivity contribution in [3.8, 4) is 11.1 Å². The van der Waals surface area contributed by atoms with Gasteiger partial charge in [-0.1, -0.05) is 23.8 Å². The van der Waals surface area contributed by atoms with Gasteiger partial charge in [0.2, 0.25) is 0 Å². The molecular weight excluding hydrogens is 312 g/mol. The number of hydrogen-bond donors (Lipinski definition) is 0. The molecule has 2 heterocycles. The highest BCUT2D eigenvalue weighted by atomic mass is 32.1. The van der Waals surface area contributed by atoms with Crippen LogP contribution < -0.4 is 10.7 Å². The van der Waals surface area contributed by atoms with Crippen LogP contribution in [0.1, 0.15) is 24.1 Å². The van der Waals surface area contributed by atoms with E-state index in [0.717, 1.165) is 26.8 Å². The lowest BCUT2D eigenvalue weighted by Crippen LogP contribution is -2.36. The third kappa shape index (κ3) is 2.55. The summed E-state index contributed by atoms with van der Waals surface area (Å²) in [6.45, 7) is 5.41. The van der Waals surface area contributed by atoms with Crippen molar-refractivity contribution in [2.75, 3.05) is 0 Å². The molecule has 6 heteroatoms. The van der Waals surface area contributed by atoms with E-state index in [2.05, 4.69) is 11.1 Å². The minimum Gasteiger partial charge on any atom is -0.548 e. The number of thiophene rings is 1. The number of benzene rings is 1. The number of carboxylic acids is 1. The summed E-state index contributed by atoms with van der Waals surface area (Å²) in [6.07, 6.45) is 1.27. The number of aliphatic carboxylic acids is 1. The van der Waals surface area contributed by atoms with Gasteiger partial charge in [-0.15, -0.1) is 11.3 Å². The molecule has 0 saturated heterocycles. The maximum atomic E-state index is 12.7. The van der Waals surface area contributed by atoms with E-state index in [-0.39, 0.29) is 5.56 Å². The smallest absolute Gasteiger partial charge is 0.263 e. The maximum Gasteiger partial charge on any atom is 0.263 e. The Hall–Kier alpha value is -2.47. The van der Waals surface area contributed by atoms with Crippen LogP contribution in [0.15, 0.2) is 34.7 Å². The molecule has 23 heavy (non-hydrogen) atoms. The van der Waals surface area contributed by atoms with Crippen LogP contribution in [0, 0.1) is 13.8 Å². The zero-order valence-corrected chi connectivity index (χ0v) is 13.8. The van der Waals surface area contributed by atoms with Crippen LogP contribution in [0.4, 0.5) is 0 Å². The molecule has 1 atom stereocenters. The van der Waals surface area contributed by atoms with Crippen molar-refractivity contribution >= 4 is 27.5 Å². The Bertz CT molecular complexity index is 972. The highest BCUT2D eigenvalue weighted by Crippen LogP contribution is 2.33. The van der Waals surface area contributed by atoms with Crippen LogP contribution in [0.3, 0.4) is 0 Å². The minimum absolute atomic E-state index is 0.358. The van der Waals surface area contributed by atoms with Crippen molar-refractivity contribution in [3.05, 3.63) is 51.4 Å². The van der Waals surface area contributed by atoms with Gasteiger partial charge in [0.1, 0.15) is 4.83 Å². The first-order valence-electron chi connectivity index (χ1n) is 7.17. The van der Waals surface area contributed by atoms with Crippen LogP contribution in [-0.2, 0) is 4.79 Å². The maximum absolute atomic E-state index is 12.7. The van der Waals surface area contributed by atoms with Gasteiger partial charge in [0, 0.05) is 10.9 Å². The van der Waals surface area contributed by atoms with Crippen LogP contribution in [0.5, 0.6) is 0 Å². The monoisotopic (exact) mass is 327 g/mol. The van der Waals surface area contributed by atoms with Crippen molar-refractivity contribution in [3.63, 3.8) is 0 Å². The molecule has 0 bridgehead atoms. The molecule has 0 N–H and O–H groups in total. The van der Waals surface area contributed by atoms with Crippen molar-refractivity contribution < 1.29 is 9.90 Å². The van der Waals surface area contributed by atoms with E-state index in [0.29, 0.717) is 10.2 Å². The first-order chi connectivity index (χ1) is 10.9. The molecule has 0 aliphatic heterocycles. The number of carboxylic acid groups (broad SMARTS) is 1. The summed E-state index contributed by atoms with van der Waals surface area (Å²) >= 11 is 1.38. The van der Waals surface area contributed by atoms with Gasteiger partial charge in [-0.05, 0) is 31.9 Å². The summed E-state index contributed by atoms with van der Waals surface area (Å²) < 4.78 is 1.11. The number of hydrogen-bond acceptors (Lipinski definition) is 5. The van der Waals surface area contributed by atoms with Crippen LogP contribution in [0.2, 0.25) is 0 Å². The standard InChI is InChI=1S/C17H16N2O3S/c1-9-4-5-12(10(2)6-9)13-7-23-15-14(13)16(20)19(8-18-15)11(3)17(21)22/h4-8,11H,1-3H3,(H,21,22)/p-1/t11-/m1/s1. The van der Waals surface area contributed by atoms with E-state index in [9.17, 15) is 14.7 Å². The van der Waals surface area contributed by atoms with Gasteiger partial charge in [0.05, 0.1) is 23.7 Å².